The molecular formula is C19H24N2. The van der Waals surface area contributed by atoms with Crippen molar-refractivity contribution in [3.63, 3.8) is 0 Å². The fourth-order valence-corrected chi connectivity index (χ4v) is 2.60. The van der Waals surface area contributed by atoms with Crippen LogP contribution in [0.5, 0.6) is 0 Å². The second-order valence-electron chi connectivity index (χ2n) is 5.95. The van der Waals surface area contributed by atoms with E-state index < -0.39 is 0 Å². The molecule has 0 saturated heterocycles. The van der Waals surface area contributed by atoms with Crippen molar-refractivity contribution >= 4 is 6.34 Å². The van der Waals surface area contributed by atoms with Gasteiger partial charge in [-0.05, 0) is 32.0 Å². The predicted octanol–water partition coefficient (Wildman–Crippen LogP) is 4.71. The second kappa shape index (κ2) is 6.57. The third kappa shape index (κ3) is 3.72. The van der Waals surface area contributed by atoms with Gasteiger partial charge in [0.25, 0.3) is 0 Å². The third-order valence-electron chi connectivity index (χ3n) is 4.02. The van der Waals surface area contributed by atoms with Gasteiger partial charge in [-0.1, -0.05) is 67.1 Å². The summed E-state index contributed by atoms with van der Waals surface area (Å²) in [5, 5.41) is 2.96. The molecule has 0 spiro atoms. The van der Waals surface area contributed by atoms with E-state index in [4.69, 9.17) is 4.99 Å². The van der Waals surface area contributed by atoms with Crippen molar-refractivity contribution < 1.29 is 0 Å². The van der Waals surface area contributed by atoms with Crippen LogP contribution in [0.1, 0.15) is 37.4 Å². The molecule has 1 aromatic carbocycles. The van der Waals surface area contributed by atoms with Crippen LogP contribution < -0.4 is 5.32 Å². The summed E-state index contributed by atoms with van der Waals surface area (Å²) in [6, 6.07) is 8.74. The lowest BCUT2D eigenvalue weighted by molar-refractivity contribution is 0.343. The highest BCUT2D eigenvalue weighted by molar-refractivity contribution is 5.56. The van der Waals surface area contributed by atoms with Gasteiger partial charge in [0.15, 0.2) is 0 Å². The maximum absolute atomic E-state index is 4.75. The molecule has 0 saturated carbocycles. The minimum absolute atomic E-state index is 0.00584. The Balaban J connectivity index is 2.34. The molecule has 2 rings (SSSR count). The summed E-state index contributed by atoms with van der Waals surface area (Å²) >= 11 is 0. The molecule has 0 aromatic heterocycles. The summed E-state index contributed by atoms with van der Waals surface area (Å²) in [5.41, 5.74) is 3.82. The molecule has 1 aromatic rings. The van der Waals surface area contributed by atoms with E-state index in [0.717, 1.165) is 6.42 Å². The lowest BCUT2D eigenvalue weighted by Gasteiger charge is -2.34. The molecule has 110 valence electrons. The first kappa shape index (κ1) is 15.3. The van der Waals surface area contributed by atoms with Crippen molar-refractivity contribution in [1.82, 2.24) is 5.32 Å². The molecule has 0 aliphatic heterocycles. The third-order valence-corrected chi connectivity index (χ3v) is 4.02. The van der Waals surface area contributed by atoms with Crippen LogP contribution in [0.2, 0.25) is 0 Å². The Kier molecular flexibility index (Phi) is 4.79. The predicted molar refractivity (Wildman–Crippen MR) is 91.4 cm³/mol. The highest BCUT2D eigenvalue weighted by atomic mass is 14.9. The number of hydrogen-bond acceptors (Lipinski definition) is 1. The number of aliphatic imine (C=N–C) groups is 1. The Bertz CT molecular complexity index is 578. The second-order valence-corrected chi connectivity index (χ2v) is 5.95. The first-order valence-electron chi connectivity index (χ1n) is 7.36. The molecule has 2 nitrogen and oxygen atoms in total. The van der Waals surface area contributed by atoms with Gasteiger partial charge in [0.1, 0.15) is 0 Å². The number of nitrogens with zero attached hydrogens (tertiary/aromatic N) is 1. The van der Waals surface area contributed by atoms with Gasteiger partial charge in [-0.2, -0.15) is 0 Å². The Labute approximate surface area is 128 Å². The Hall–Kier alpha value is -2.09. The van der Waals surface area contributed by atoms with Gasteiger partial charge < -0.3 is 5.32 Å². The van der Waals surface area contributed by atoms with E-state index >= 15 is 0 Å². The van der Waals surface area contributed by atoms with E-state index in [9.17, 15) is 0 Å². The van der Waals surface area contributed by atoms with Crippen molar-refractivity contribution in [3.05, 3.63) is 72.0 Å². The summed E-state index contributed by atoms with van der Waals surface area (Å²) in [5.74, 6) is 0. The maximum atomic E-state index is 4.75. The van der Waals surface area contributed by atoms with Gasteiger partial charge >= 0.3 is 0 Å². The standard InChI is InChI=1S/C19H24N2/c1-5-20-14-21-18(17-8-6-15(2)7-9-17)19(4)12-10-16(3)11-13-19/h5-12,14,18H,1,13H2,2-4H3,(H,20,21). The van der Waals surface area contributed by atoms with Crippen LogP contribution in [-0.4, -0.2) is 6.34 Å². The van der Waals surface area contributed by atoms with Gasteiger partial charge in [-0.25, -0.2) is 0 Å². The van der Waals surface area contributed by atoms with E-state index in [1.54, 1.807) is 12.5 Å². The number of benzene rings is 1. The van der Waals surface area contributed by atoms with Crippen LogP contribution in [-0.2, 0) is 0 Å². The van der Waals surface area contributed by atoms with E-state index in [1.165, 1.54) is 16.7 Å². The molecule has 1 N–H and O–H groups in total. The molecule has 2 heteroatoms. The molecule has 0 heterocycles. The lowest BCUT2D eigenvalue weighted by atomic mass is 9.73. The largest absolute Gasteiger partial charge is 0.354 e. The maximum Gasteiger partial charge on any atom is 0.0871 e. The van der Waals surface area contributed by atoms with Gasteiger partial charge in [-0.3, -0.25) is 4.99 Å². The minimum atomic E-state index is -0.00584. The first-order valence-corrected chi connectivity index (χ1v) is 7.36. The van der Waals surface area contributed by atoms with Gasteiger partial charge in [0, 0.05) is 5.41 Å². The zero-order chi connectivity index (χ0) is 15.3. The van der Waals surface area contributed by atoms with Crippen LogP contribution in [0.25, 0.3) is 0 Å². The molecule has 2 unspecified atom stereocenters. The Morgan fingerprint density at radius 1 is 1.29 bits per heavy atom. The molecule has 1 aliphatic carbocycles. The summed E-state index contributed by atoms with van der Waals surface area (Å²) < 4.78 is 0. The van der Waals surface area contributed by atoms with Crippen molar-refractivity contribution in [1.29, 1.82) is 0 Å². The highest BCUT2D eigenvalue weighted by Crippen LogP contribution is 2.43. The first-order chi connectivity index (χ1) is 10.0. The van der Waals surface area contributed by atoms with Crippen molar-refractivity contribution in [2.45, 2.75) is 33.2 Å². The van der Waals surface area contributed by atoms with E-state index in [-0.39, 0.29) is 11.5 Å². The van der Waals surface area contributed by atoms with Crippen molar-refractivity contribution in [2.75, 3.05) is 0 Å². The SMILES string of the molecule is C=CNC=NC(c1ccc(C)cc1)C1(C)C=CC(C)=CC1. The van der Waals surface area contributed by atoms with Gasteiger partial charge in [0.2, 0.25) is 0 Å². The fourth-order valence-electron chi connectivity index (χ4n) is 2.60. The quantitative estimate of drug-likeness (QED) is 0.613. The number of hydrogen-bond donors (Lipinski definition) is 1. The molecule has 2 atom stereocenters. The number of nitrogens with one attached hydrogen (secondary N) is 1. The van der Waals surface area contributed by atoms with E-state index in [1.807, 2.05) is 0 Å². The summed E-state index contributed by atoms with van der Waals surface area (Å²) in [6.07, 6.45) is 11.1. The molecular weight excluding hydrogens is 256 g/mol. The monoisotopic (exact) mass is 280 g/mol. The smallest absolute Gasteiger partial charge is 0.0871 e. The topological polar surface area (TPSA) is 24.4 Å². The van der Waals surface area contributed by atoms with E-state index in [2.05, 4.69) is 75.2 Å². The Morgan fingerprint density at radius 2 is 2.00 bits per heavy atom. The van der Waals surface area contributed by atoms with Crippen LogP contribution in [0, 0.1) is 12.3 Å². The van der Waals surface area contributed by atoms with Crippen LogP contribution >= 0.6 is 0 Å². The van der Waals surface area contributed by atoms with Crippen LogP contribution in [0.3, 0.4) is 0 Å². The van der Waals surface area contributed by atoms with Crippen molar-refractivity contribution in [3.8, 4) is 0 Å². The fraction of sp³-hybridized carbons (Fsp3) is 0.316. The average Bonchev–Trinajstić information content (AvgIpc) is 2.48. The summed E-state index contributed by atoms with van der Waals surface area (Å²) in [6.45, 7) is 10.2. The normalized spacial score (nSPS) is 22.9. The molecule has 0 radical (unpaired) electrons. The van der Waals surface area contributed by atoms with Crippen LogP contribution in [0.4, 0.5) is 0 Å². The number of allylic oxidation sites excluding steroid dienone is 3. The van der Waals surface area contributed by atoms with Crippen molar-refractivity contribution in [2.24, 2.45) is 10.4 Å². The Morgan fingerprint density at radius 3 is 2.57 bits per heavy atom. The molecule has 21 heavy (non-hydrogen) atoms. The minimum Gasteiger partial charge on any atom is -0.354 e. The molecule has 0 fully saturated rings. The molecule has 1 aliphatic rings. The number of rotatable bonds is 5. The zero-order valence-corrected chi connectivity index (χ0v) is 13.1. The van der Waals surface area contributed by atoms with Gasteiger partial charge in [-0.15, -0.1) is 0 Å². The highest BCUT2D eigenvalue weighted by Gasteiger charge is 2.33. The van der Waals surface area contributed by atoms with Gasteiger partial charge in [0.05, 0.1) is 12.4 Å². The summed E-state index contributed by atoms with van der Waals surface area (Å²) in [4.78, 5) is 4.75. The number of aryl methyl sites for hydroxylation is 1. The van der Waals surface area contributed by atoms with Crippen LogP contribution in [0.15, 0.2) is 65.8 Å². The lowest BCUT2D eigenvalue weighted by Crippen LogP contribution is -2.24. The summed E-state index contributed by atoms with van der Waals surface area (Å²) in [7, 11) is 0. The molecule has 0 bridgehead atoms. The molecule has 0 amide bonds. The van der Waals surface area contributed by atoms with E-state index in [0.29, 0.717) is 0 Å². The zero-order valence-electron chi connectivity index (χ0n) is 13.1. The average molecular weight is 280 g/mol.